The highest BCUT2D eigenvalue weighted by atomic mass is 32.1. The van der Waals surface area contributed by atoms with Gasteiger partial charge in [0, 0.05) is 10.8 Å². The molecule has 0 fully saturated rings. The van der Waals surface area contributed by atoms with Gasteiger partial charge in [-0.05, 0) is 48.4 Å². The van der Waals surface area contributed by atoms with Gasteiger partial charge in [0.2, 0.25) is 4.96 Å². The zero-order valence-corrected chi connectivity index (χ0v) is 18.5. The van der Waals surface area contributed by atoms with Gasteiger partial charge in [0.05, 0.1) is 21.3 Å². The maximum absolute atomic E-state index is 13.7. The highest BCUT2D eigenvalue weighted by Gasteiger charge is 2.19. The molecular weight excluding hydrogens is 432 g/mol. The summed E-state index contributed by atoms with van der Waals surface area (Å²) in [7, 11) is 0. The fraction of sp³-hybridized carbons (Fsp3) is 0.0385. The molecule has 0 aliphatic heterocycles. The van der Waals surface area contributed by atoms with Crippen LogP contribution in [0.5, 0.6) is 0 Å². The number of hydrogen-bond acceptors (Lipinski definition) is 4. The molecule has 6 aromatic rings. The lowest BCUT2D eigenvalue weighted by molar-refractivity contribution is 0.603. The first-order chi connectivity index (χ1) is 16.1. The minimum atomic E-state index is -0.614. The Kier molecular flexibility index (Phi) is 4.21. The van der Waals surface area contributed by atoms with Crippen molar-refractivity contribution in [2.75, 3.05) is 0 Å². The average molecular weight is 451 g/mol. The number of hydrogen-bond donors (Lipinski definition) is 0. The predicted molar refractivity (Wildman–Crippen MR) is 135 cm³/mol. The van der Waals surface area contributed by atoms with Gasteiger partial charge >= 0.3 is 11.4 Å². The average Bonchev–Trinajstić information content (AvgIpc) is 3.35. The second-order valence-electron chi connectivity index (χ2n) is 7.76. The smallest absolute Gasteiger partial charge is 0.245 e. The molecule has 0 atom stereocenters. The Morgan fingerprint density at radius 2 is 1.64 bits per heavy atom. The molecule has 3 aromatic carbocycles. The number of aromatic nitrogens is 4. The largest absolute Gasteiger partial charge is 0.374 e. The molecule has 0 spiro atoms. The van der Waals surface area contributed by atoms with Crippen molar-refractivity contribution in [2.24, 2.45) is 0 Å². The molecule has 6 rings (SSSR count). The normalized spacial score (nSPS) is 12.0. The summed E-state index contributed by atoms with van der Waals surface area (Å²) in [6, 6.07) is 21.2. The molecule has 3 aromatic heterocycles. The molecule has 0 N–H and O–H groups in total. The van der Waals surface area contributed by atoms with Crippen LogP contribution in [0.25, 0.3) is 42.6 Å². The quantitative estimate of drug-likeness (QED) is 0.353. The second kappa shape index (κ2) is 7.15. The van der Waals surface area contributed by atoms with Gasteiger partial charge in [-0.25, -0.2) is 18.7 Å². The number of nitrogens with zero attached hydrogens (tertiary/aromatic N) is 4. The minimum Gasteiger partial charge on any atom is -0.245 e. The molecule has 0 radical (unpaired) electrons. The number of rotatable bonds is 3. The van der Waals surface area contributed by atoms with Gasteiger partial charge < -0.3 is 0 Å². The Morgan fingerprint density at radius 3 is 2.45 bits per heavy atom. The molecule has 0 aliphatic carbocycles. The number of thiazole rings is 1. The Labute approximate surface area is 191 Å². The van der Waals surface area contributed by atoms with E-state index >= 15 is 0 Å². The molecule has 6 nitrogen and oxygen atoms in total. The lowest BCUT2D eigenvalue weighted by Crippen LogP contribution is -2.42. The Morgan fingerprint density at radius 1 is 0.909 bits per heavy atom. The van der Waals surface area contributed by atoms with Crippen LogP contribution in [0.1, 0.15) is 12.5 Å². The van der Waals surface area contributed by atoms with Crippen molar-refractivity contribution in [1.29, 1.82) is 0 Å². The fourth-order valence-electron chi connectivity index (χ4n) is 4.37. The summed E-state index contributed by atoms with van der Waals surface area (Å²) in [5.74, 6) is 0. The van der Waals surface area contributed by atoms with E-state index in [1.807, 2.05) is 85.8 Å². The fourth-order valence-corrected chi connectivity index (χ4v) is 5.37. The van der Waals surface area contributed by atoms with Gasteiger partial charge in [0.15, 0.2) is 0 Å². The first-order valence-electron chi connectivity index (χ1n) is 10.5. The maximum atomic E-state index is 13.7. The van der Waals surface area contributed by atoms with E-state index in [4.69, 9.17) is 0 Å². The summed E-state index contributed by atoms with van der Waals surface area (Å²) < 4.78 is 5.19. The maximum Gasteiger partial charge on any atom is 0.374 e. The summed E-state index contributed by atoms with van der Waals surface area (Å²) in [5, 5.41) is 1.87. The van der Waals surface area contributed by atoms with E-state index in [0.717, 1.165) is 47.8 Å². The first kappa shape index (κ1) is 19.5. The van der Waals surface area contributed by atoms with E-state index in [0.29, 0.717) is 4.96 Å². The first-order valence-corrected chi connectivity index (χ1v) is 11.3. The van der Waals surface area contributed by atoms with Gasteiger partial charge in [-0.2, -0.15) is 4.98 Å². The van der Waals surface area contributed by atoms with Crippen molar-refractivity contribution in [3.63, 3.8) is 0 Å². The highest BCUT2D eigenvalue weighted by molar-refractivity contribution is 7.23. The topological polar surface area (TPSA) is 61.3 Å². The summed E-state index contributed by atoms with van der Waals surface area (Å²) in [4.78, 5) is 31.5. The van der Waals surface area contributed by atoms with Crippen LogP contribution in [0, 0.1) is 0 Å². The summed E-state index contributed by atoms with van der Waals surface area (Å²) >= 11 is 1.33. The van der Waals surface area contributed by atoms with Crippen molar-refractivity contribution < 1.29 is 0 Å². The van der Waals surface area contributed by atoms with Crippen LogP contribution in [0.4, 0.5) is 0 Å². The third-order valence-corrected chi connectivity index (χ3v) is 6.85. The number of allylic oxidation sites excluding steroid dienone is 3. The van der Waals surface area contributed by atoms with Crippen molar-refractivity contribution in [3.05, 3.63) is 112 Å². The van der Waals surface area contributed by atoms with Crippen LogP contribution in [-0.4, -0.2) is 18.7 Å². The predicted octanol–water partition coefficient (Wildman–Crippen LogP) is 5.08. The monoisotopic (exact) mass is 450 g/mol. The van der Waals surface area contributed by atoms with Crippen LogP contribution in [0.2, 0.25) is 0 Å². The third-order valence-electron chi connectivity index (χ3n) is 5.83. The third kappa shape index (κ3) is 2.76. The molecule has 0 amide bonds. The van der Waals surface area contributed by atoms with E-state index in [1.165, 1.54) is 15.7 Å². The van der Waals surface area contributed by atoms with Gasteiger partial charge in [-0.1, -0.05) is 66.5 Å². The van der Waals surface area contributed by atoms with Crippen LogP contribution in [-0.2, 0) is 0 Å². The van der Waals surface area contributed by atoms with E-state index < -0.39 is 11.4 Å². The van der Waals surface area contributed by atoms with Crippen LogP contribution >= 0.6 is 11.3 Å². The molecule has 0 aliphatic rings. The van der Waals surface area contributed by atoms with Crippen LogP contribution in [0.3, 0.4) is 0 Å². The molecule has 0 unspecified atom stereocenters. The minimum absolute atomic E-state index is 0.383. The Balaban J connectivity index is 1.76. The number of benzene rings is 3. The summed E-state index contributed by atoms with van der Waals surface area (Å²) in [5.41, 5.74) is 3.03. The zero-order chi connectivity index (χ0) is 22.7. The molecule has 33 heavy (non-hydrogen) atoms. The van der Waals surface area contributed by atoms with Gasteiger partial charge in [-0.3, -0.25) is 0 Å². The molecule has 160 valence electrons. The number of fused-ring (bicyclic) bond motifs is 6. The van der Waals surface area contributed by atoms with Gasteiger partial charge in [0.25, 0.3) is 0 Å². The summed E-state index contributed by atoms with van der Waals surface area (Å²) in [6.45, 7) is 6.09. The zero-order valence-electron chi connectivity index (χ0n) is 17.7. The van der Waals surface area contributed by atoms with Crippen molar-refractivity contribution in [2.45, 2.75) is 6.92 Å². The SMILES string of the molecule is C=C(/C=C\C)c1ccc2c(c1)c1ccccc1n2-n1c(=O)nc2sc3ccccc3n2c1=O. The second-order valence-corrected chi connectivity index (χ2v) is 8.77. The van der Waals surface area contributed by atoms with E-state index in [2.05, 4.69) is 11.6 Å². The van der Waals surface area contributed by atoms with E-state index in [-0.39, 0.29) is 0 Å². The number of para-hydroxylation sites is 2. The molecule has 7 heteroatoms. The van der Waals surface area contributed by atoms with Crippen molar-refractivity contribution in [1.82, 2.24) is 18.7 Å². The highest BCUT2D eigenvalue weighted by Crippen LogP contribution is 2.31. The lowest BCUT2D eigenvalue weighted by Gasteiger charge is -2.10. The molecule has 0 saturated heterocycles. The van der Waals surface area contributed by atoms with Gasteiger partial charge in [-0.15, -0.1) is 4.68 Å². The Hall–Kier alpha value is -4.23. The molecule has 3 heterocycles. The molecule has 0 bridgehead atoms. The van der Waals surface area contributed by atoms with E-state index in [9.17, 15) is 9.59 Å². The van der Waals surface area contributed by atoms with Crippen molar-refractivity contribution >= 4 is 53.9 Å². The van der Waals surface area contributed by atoms with E-state index in [1.54, 1.807) is 4.68 Å². The molecule has 0 saturated carbocycles. The van der Waals surface area contributed by atoms with Gasteiger partial charge in [0.1, 0.15) is 0 Å². The lowest BCUT2D eigenvalue weighted by atomic mass is 10.0. The van der Waals surface area contributed by atoms with Crippen molar-refractivity contribution in [3.8, 4) is 0 Å². The Bertz CT molecular complexity index is 1900. The standard InChI is InChI=1S/C26H18N4O2S/c1-3-8-16(2)17-13-14-21-19(15-17)18-9-4-5-10-20(18)29(21)30-24(31)27-25-28(26(30)32)22-11-6-7-12-23(22)33-25/h3-15H,2H2,1H3/b8-3-. The van der Waals surface area contributed by atoms with Crippen LogP contribution < -0.4 is 11.4 Å². The van der Waals surface area contributed by atoms with Crippen LogP contribution in [0.15, 0.2) is 95.1 Å². The molecular formula is C26H18N4O2S. The summed E-state index contributed by atoms with van der Waals surface area (Å²) in [6.07, 6.45) is 3.90.